The maximum atomic E-state index is 12.2. The molecule has 4 nitrogen and oxygen atoms in total. The first-order chi connectivity index (χ1) is 10.2. The molecule has 2 aliphatic rings. The molecule has 1 saturated carbocycles. The van der Waals surface area contributed by atoms with Crippen LogP contribution in [0.15, 0.2) is 18.2 Å². The van der Waals surface area contributed by atoms with Crippen LogP contribution in [0.25, 0.3) is 0 Å². The highest BCUT2D eigenvalue weighted by atomic mass is 16.5. The van der Waals surface area contributed by atoms with E-state index in [0.29, 0.717) is 6.04 Å². The third-order valence-corrected chi connectivity index (χ3v) is 4.60. The molecule has 21 heavy (non-hydrogen) atoms. The van der Waals surface area contributed by atoms with Crippen LogP contribution >= 0.6 is 0 Å². The minimum Gasteiger partial charge on any atom is -0.497 e. The lowest BCUT2D eigenvalue weighted by Crippen LogP contribution is -2.46. The first-order valence-corrected chi connectivity index (χ1v) is 7.87. The minimum atomic E-state index is -0.0400. The van der Waals surface area contributed by atoms with E-state index in [1.165, 1.54) is 11.1 Å². The molecule has 0 radical (unpaired) electrons. The van der Waals surface area contributed by atoms with Crippen molar-refractivity contribution in [1.29, 1.82) is 0 Å². The Labute approximate surface area is 126 Å². The summed E-state index contributed by atoms with van der Waals surface area (Å²) in [4.78, 5) is 14.5. The first-order valence-electron chi connectivity index (χ1n) is 7.87. The molecule has 1 amide bonds. The van der Waals surface area contributed by atoms with Crippen LogP contribution in [0.4, 0.5) is 0 Å². The normalized spacial score (nSPS) is 20.3. The number of hydrogen-bond acceptors (Lipinski definition) is 3. The Morgan fingerprint density at radius 3 is 2.67 bits per heavy atom. The molecule has 1 aliphatic carbocycles. The second kappa shape index (κ2) is 6.06. The Morgan fingerprint density at radius 2 is 2.00 bits per heavy atom. The Hall–Kier alpha value is -1.55. The van der Waals surface area contributed by atoms with Crippen LogP contribution in [0.2, 0.25) is 0 Å². The largest absolute Gasteiger partial charge is 0.497 e. The van der Waals surface area contributed by atoms with Crippen LogP contribution in [-0.2, 0) is 17.6 Å². The van der Waals surface area contributed by atoms with Gasteiger partial charge in [0.2, 0.25) is 5.91 Å². The van der Waals surface area contributed by atoms with Crippen LogP contribution in [0.3, 0.4) is 0 Å². The molecule has 1 fully saturated rings. The molecule has 1 N–H and O–H groups in total. The molecule has 1 atom stereocenters. The van der Waals surface area contributed by atoms with E-state index < -0.39 is 0 Å². The van der Waals surface area contributed by atoms with E-state index in [2.05, 4.69) is 22.3 Å². The van der Waals surface area contributed by atoms with Gasteiger partial charge in [0.1, 0.15) is 5.75 Å². The molecule has 0 spiro atoms. The van der Waals surface area contributed by atoms with Gasteiger partial charge in [-0.1, -0.05) is 6.07 Å². The Morgan fingerprint density at radius 1 is 1.29 bits per heavy atom. The summed E-state index contributed by atoms with van der Waals surface area (Å²) in [5.74, 6) is 1.10. The standard InChI is InChI=1S/C17H24N2O2/c1-12(17(20)18-15-4-5-15)19-9-7-13-3-6-16(21-2)11-14(13)8-10-19/h3,6,11-12,15H,4-5,7-10H2,1-2H3,(H,18,20). The summed E-state index contributed by atoms with van der Waals surface area (Å²) in [6, 6.07) is 6.72. The number of carbonyl (C=O) groups is 1. The van der Waals surface area contributed by atoms with Crippen molar-refractivity contribution in [3.63, 3.8) is 0 Å². The van der Waals surface area contributed by atoms with Gasteiger partial charge in [-0.05, 0) is 55.9 Å². The van der Waals surface area contributed by atoms with Gasteiger partial charge in [-0.25, -0.2) is 0 Å². The lowest BCUT2D eigenvalue weighted by atomic mass is 10.0. The van der Waals surface area contributed by atoms with E-state index >= 15 is 0 Å². The van der Waals surface area contributed by atoms with E-state index in [4.69, 9.17) is 4.74 Å². The van der Waals surface area contributed by atoms with Gasteiger partial charge < -0.3 is 10.1 Å². The van der Waals surface area contributed by atoms with Crippen LogP contribution in [-0.4, -0.2) is 43.1 Å². The first kappa shape index (κ1) is 14.4. The Kier molecular flexibility index (Phi) is 4.15. The van der Waals surface area contributed by atoms with Crippen molar-refractivity contribution in [3.05, 3.63) is 29.3 Å². The van der Waals surface area contributed by atoms with Crippen molar-refractivity contribution in [3.8, 4) is 5.75 Å². The van der Waals surface area contributed by atoms with E-state index in [1.807, 2.05) is 13.0 Å². The fraction of sp³-hybridized carbons (Fsp3) is 0.588. The number of hydrogen-bond donors (Lipinski definition) is 1. The maximum Gasteiger partial charge on any atom is 0.237 e. The summed E-state index contributed by atoms with van der Waals surface area (Å²) in [5, 5.41) is 3.11. The van der Waals surface area contributed by atoms with Gasteiger partial charge in [-0.15, -0.1) is 0 Å². The quantitative estimate of drug-likeness (QED) is 0.918. The van der Waals surface area contributed by atoms with Crippen molar-refractivity contribution in [2.75, 3.05) is 20.2 Å². The van der Waals surface area contributed by atoms with Gasteiger partial charge in [0.15, 0.2) is 0 Å². The molecule has 3 rings (SSSR count). The fourth-order valence-corrected chi connectivity index (χ4v) is 2.95. The lowest BCUT2D eigenvalue weighted by molar-refractivity contribution is -0.126. The molecule has 1 aliphatic heterocycles. The Bertz CT molecular complexity index is 526. The number of nitrogens with zero attached hydrogens (tertiary/aromatic N) is 1. The molecule has 114 valence electrons. The van der Waals surface area contributed by atoms with Crippen LogP contribution in [0.5, 0.6) is 5.75 Å². The lowest BCUT2D eigenvalue weighted by Gasteiger charge is -2.26. The number of amides is 1. The zero-order chi connectivity index (χ0) is 14.8. The van der Waals surface area contributed by atoms with E-state index in [-0.39, 0.29) is 11.9 Å². The summed E-state index contributed by atoms with van der Waals surface area (Å²) in [5.41, 5.74) is 2.74. The number of benzene rings is 1. The van der Waals surface area contributed by atoms with E-state index in [0.717, 1.165) is 44.5 Å². The third-order valence-electron chi connectivity index (χ3n) is 4.60. The second-order valence-corrected chi connectivity index (χ2v) is 6.13. The molecule has 1 heterocycles. The molecule has 0 bridgehead atoms. The van der Waals surface area contributed by atoms with Crippen molar-refractivity contribution in [1.82, 2.24) is 10.2 Å². The van der Waals surface area contributed by atoms with Gasteiger partial charge in [-0.2, -0.15) is 0 Å². The summed E-state index contributed by atoms with van der Waals surface area (Å²) >= 11 is 0. The zero-order valence-corrected chi connectivity index (χ0v) is 12.9. The SMILES string of the molecule is COc1ccc2c(c1)CCN(C(C)C(=O)NC1CC1)CC2. The predicted molar refractivity (Wildman–Crippen MR) is 82.6 cm³/mol. The van der Waals surface area contributed by atoms with Crippen molar-refractivity contribution in [2.24, 2.45) is 0 Å². The maximum absolute atomic E-state index is 12.2. The van der Waals surface area contributed by atoms with Crippen molar-refractivity contribution >= 4 is 5.91 Å². The number of carbonyl (C=O) groups excluding carboxylic acids is 1. The smallest absolute Gasteiger partial charge is 0.237 e. The Balaban J connectivity index is 1.64. The van der Waals surface area contributed by atoms with Crippen LogP contribution in [0.1, 0.15) is 30.9 Å². The number of rotatable bonds is 4. The van der Waals surface area contributed by atoms with Gasteiger partial charge in [0.25, 0.3) is 0 Å². The molecule has 1 aromatic carbocycles. The molecule has 0 aromatic heterocycles. The molecule has 1 aromatic rings. The van der Waals surface area contributed by atoms with Crippen LogP contribution < -0.4 is 10.1 Å². The summed E-state index contributed by atoms with van der Waals surface area (Å²) in [6.07, 6.45) is 4.27. The van der Waals surface area contributed by atoms with Gasteiger partial charge in [0, 0.05) is 19.1 Å². The number of ether oxygens (including phenoxy) is 1. The molecule has 1 unspecified atom stereocenters. The van der Waals surface area contributed by atoms with Gasteiger partial charge in [0.05, 0.1) is 13.2 Å². The van der Waals surface area contributed by atoms with Gasteiger partial charge in [-0.3, -0.25) is 9.69 Å². The van der Waals surface area contributed by atoms with E-state index in [1.54, 1.807) is 7.11 Å². The number of nitrogens with one attached hydrogen (secondary N) is 1. The van der Waals surface area contributed by atoms with Crippen LogP contribution in [0, 0.1) is 0 Å². The van der Waals surface area contributed by atoms with E-state index in [9.17, 15) is 4.79 Å². The second-order valence-electron chi connectivity index (χ2n) is 6.13. The monoisotopic (exact) mass is 288 g/mol. The summed E-state index contributed by atoms with van der Waals surface area (Å²) < 4.78 is 5.31. The molecule has 0 saturated heterocycles. The highest BCUT2D eigenvalue weighted by molar-refractivity contribution is 5.81. The third kappa shape index (κ3) is 3.38. The number of fused-ring (bicyclic) bond motifs is 1. The highest BCUT2D eigenvalue weighted by Gasteiger charge is 2.29. The average Bonchev–Trinajstić information content (AvgIpc) is 3.32. The fourth-order valence-electron chi connectivity index (χ4n) is 2.95. The summed E-state index contributed by atoms with van der Waals surface area (Å²) in [7, 11) is 1.70. The van der Waals surface area contributed by atoms with Gasteiger partial charge >= 0.3 is 0 Å². The minimum absolute atomic E-state index is 0.0400. The van der Waals surface area contributed by atoms with Crippen molar-refractivity contribution < 1.29 is 9.53 Å². The van der Waals surface area contributed by atoms with Crippen molar-refractivity contribution in [2.45, 2.75) is 44.7 Å². The summed E-state index contributed by atoms with van der Waals surface area (Å²) in [6.45, 7) is 3.90. The molecular formula is C17H24N2O2. The predicted octanol–water partition coefficient (Wildman–Crippen LogP) is 1.76. The zero-order valence-electron chi connectivity index (χ0n) is 12.9. The highest BCUT2D eigenvalue weighted by Crippen LogP contribution is 2.23. The number of methoxy groups -OCH3 is 1. The topological polar surface area (TPSA) is 41.6 Å². The molecule has 4 heteroatoms. The molecular weight excluding hydrogens is 264 g/mol. The average molecular weight is 288 g/mol.